The molecule has 3 aliphatic carbocycles. The number of hydrogen-bond acceptors (Lipinski definition) is 7. The highest BCUT2D eigenvalue weighted by Crippen LogP contribution is 2.55. The molecule has 2 N–H and O–H groups in total. The standard InChI is InChI=1S/C59H70F6N2O6S/c1-9-12-17-39-32-49-50(48(20-14-11-3)45(39)19-13-10-2)36(4)37(5)53(49)72-56(28-29-56)35-74(70,71)44-26-27-47-41(31-44)34-67(54(68)73-55(6,7)8)52(47)51-40(30-38-18-15-16-21-46(38)51)33-66-43-24-22-42(23-25-43)57(69,58(60,61)62)59(63,64)65/h15-16,18,21-27,30-32,51-53,66,69H,9-14,17,19-20,28-29,33-35H2,1-8H3. The first-order valence-electron chi connectivity index (χ1n) is 26.2. The largest absolute Gasteiger partial charge is 0.444 e. The molecule has 3 unspecified atom stereocenters. The number of anilines is 1. The van der Waals surface area contributed by atoms with Crippen LogP contribution in [0.5, 0.6) is 0 Å². The third kappa shape index (κ3) is 10.7. The second-order valence-corrected chi connectivity index (χ2v) is 23.9. The number of nitrogens with one attached hydrogen (secondary N) is 1. The molecule has 1 aliphatic heterocycles. The van der Waals surface area contributed by atoms with Crippen molar-refractivity contribution in [2.24, 2.45) is 0 Å². The number of unbranched alkanes of at least 4 members (excludes halogenated alkanes) is 3. The molecule has 8 rings (SSSR count). The van der Waals surface area contributed by atoms with E-state index in [-0.39, 0.29) is 35.5 Å². The van der Waals surface area contributed by atoms with Crippen LogP contribution in [0.2, 0.25) is 0 Å². The van der Waals surface area contributed by atoms with Crippen LogP contribution in [0.4, 0.5) is 36.8 Å². The Kier molecular flexibility index (Phi) is 15.5. The second-order valence-electron chi connectivity index (χ2n) is 21.9. The molecule has 0 spiro atoms. The van der Waals surface area contributed by atoms with Gasteiger partial charge in [-0.15, -0.1) is 0 Å². The zero-order chi connectivity index (χ0) is 53.8. The van der Waals surface area contributed by atoms with Gasteiger partial charge in [0.2, 0.25) is 0 Å². The van der Waals surface area contributed by atoms with Gasteiger partial charge in [-0.05, 0) is 177 Å². The zero-order valence-corrected chi connectivity index (χ0v) is 44.6. The monoisotopic (exact) mass is 1050 g/mol. The quantitative estimate of drug-likeness (QED) is 0.0901. The van der Waals surface area contributed by atoms with Crippen molar-refractivity contribution in [3.05, 3.63) is 140 Å². The van der Waals surface area contributed by atoms with Gasteiger partial charge in [-0.3, -0.25) is 4.90 Å². The number of benzene rings is 4. The summed E-state index contributed by atoms with van der Waals surface area (Å²) in [6.45, 7) is 16.3. The van der Waals surface area contributed by atoms with Crippen LogP contribution in [0.1, 0.15) is 180 Å². The first-order valence-corrected chi connectivity index (χ1v) is 27.8. The average Bonchev–Trinajstić information content (AvgIpc) is 3.71. The minimum Gasteiger partial charge on any atom is -0.444 e. The lowest BCUT2D eigenvalue weighted by atomic mass is 9.84. The van der Waals surface area contributed by atoms with Crippen LogP contribution in [0.3, 0.4) is 0 Å². The number of sulfone groups is 1. The SMILES string of the molecule is CCCCc1cc2c(c(CCCC)c1CCCC)C(C)=C(C)C2OC1(CS(=O)(=O)c2ccc3c(c2)CN(C(=O)OC(C)(C)C)C3C2C(CNc3ccc(C(O)(C(F)(F)F)C(F)(F)F)cc3)=Cc3ccccc32)CC1. The molecule has 1 amide bonds. The Hall–Kier alpha value is -5.12. The Balaban J connectivity index is 1.09. The molecule has 0 radical (unpaired) electrons. The predicted molar refractivity (Wildman–Crippen MR) is 277 cm³/mol. The van der Waals surface area contributed by atoms with Crippen LogP contribution >= 0.6 is 0 Å². The second kappa shape index (κ2) is 20.8. The lowest BCUT2D eigenvalue weighted by Gasteiger charge is -2.34. The molecule has 400 valence electrons. The molecule has 0 bridgehead atoms. The van der Waals surface area contributed by atoms with Gasteiger partial charge in [0, 0.05) is 23.7 Å². The Bertz CT molecular complexity index is 2920. The smallest absolute Gasteiger partial charge is 0.430 e. The first kappa shape index (κ1) is 55.1. The Morgan fingerprint density at radius 1 is 0.797 bits per heavy atom. The number of halogens is 6. The molecule has 8 nitrogen and oxygen atoms in total. The van der Waals surface area contributed by atoms with Crippen molar-refractivity contribution in [3.8, 4) is 0 Å². The van der Waals surface area contributed by atoms with Gasteiger partial charge in [-0.1, -0.05) is 94.6 Å². The summed E-state index contributed by atoms with van der Waals surface area (Å²) in [5.74, 6) is -0.739. The summed E-state index contributed by atoms with van der Waals surface area (Å²) in [5, 5.41) is 13.1. The molecule has 74 heavy (non-hydrogen) atoms. The number of alkyl halides is 6. The fourth-order valence-corrected chi connectivity index (χ4v) is 13.1. The van der Waals surface area contributed by atoms with E-state index in [9.17, 15) is 44.7 Å². The lowest BCUT2D eigenvalue weighted by molar-refractivity contribution is -0.376. The van der Waals surface area contributed by atoms with E-state index in [1.807, 2.05) is 30.3 Å². The Morgan fingerprint density at radius 3 is 2.03 bits per heavy atom. The van der Waals surface area contributed by atoms with Crippen molar-refractivity contribution in [1.82, 2.24) is 4.90 Å². The van der Waals surface area contributed by atoms with Gasteiger partial charge < -0.3 is 19.9 Å². The number of nitrogens with zero attached hydrogens (tertiary/aromatic N) is 1. The maximum absolute atomic E-state index is 14.8. The van der Waals surface area contributed by atoms with Gasteiger partial charge in [0.15, 0.2) is 9.84 Å². The average molecular weight is 1050 g/mol. The summed E-state index contributed by atoms with van der Waals surface area (Å²) in [7, 11) is -3.95. The molecule has 15 heteroatoms. The summed E-state index contributed by atoms with van der Waals surface area (Å²) >= 11 is 0. The fraction of sp³-hybridized carbons (Fsp3) is 0.508. The number of aryl methyl sites for hydroxylation is 1. The van der Waals surface area contributed by atoms with E-state index < -0.39 is 62.6 Å². The van der Waals surface area contributed by atoms with E-state index in [0.717, 1.165) is 97.8 Å². The van der Waals surface area contributed by atoms with E-state index in [4.69, 9.17) is 9.47 Å². The van der Waals surface area contributed by atoms with Crippen molar-refractivity contribution in [3.63, 3.8) is 0 Å². The van der Waals surface area contributed by atoms with Crippen LogP contribution < -0.4 is 5.32 Å². The van der Waals surface area contributed by atoms with Crippen LogP contribution in [-0.4, -0.2) is 60.4 Å². The van der Waals surface area contributed by atoms with Gasteiger partial charge >= 0.3 is 18.4 Å². The van der Waals surface area contributed by atoms with Crippen molar-refractivity contribution in [2.75, 3.05) is 17.6 Å². The summed E-state index contributed by atoms with van der Waals surface area (Å²) < 4.78 is 125. The first-order chi connectivity index (χ1) is 34.8. The van der Waals surface area contributed by atoms with Gasteiger partial charge in [-0.2, -0.15) is 26.3 Å². The molecule has 4 aliphatic rings. The molecule has 1 heterocycles. The maximum atomic E-state index is 14.8. The Morgan fingerprint density at radius 2 is 1.42 bits per heavy atom. The number of rotatable bonds is 19. The van der Waals surface area contributed by atoms with Gasteiger partial charge in [0.1, 0.15) is 11.7 Å². The van der Waals surface area contributed by atoms with Crippen LogP contribution in [0, 0.1) is 0 Å². The number of ether oxygens (including phenoxy) is 2. The normalized spacial score (nSPS) is 19.4. The minimum absolute atomic E-state index is 0.0329. The van der Waals surface area contributed by atoms with Crippen molar-refractivity contribution < 1.29 is 54.1 Å². The van der Waals surface area contributed by atoms with E-state index in [1.54, 1.807) is 43.9 Å². The van der Waals surface area contributed by atoms with Crippen molar-refractivity contribution in [1.29, 1.82) is 0 Å². The molecule has 0 aromatic heterocycles. The van der Waals surface area contributed by atoms with Crippen LogP contribution in [0.25, 0.3) is 11.6 Å². The third-order valence-electron chi connectivity index (χ3n) is 15.4. The molecular weight excluding hydrogens is 979 g/mol. The van der Waals surface area contributed by atoms with Crippen molar-refractivity contribution >= 4 is 33.3 Å². The number of fused-ring (bicyclic) bond motifs is 3. The highest BCUT2D eigenvalue weighted by molar-refractivity contribution is 7.91. The van der Waals surface area contributed by atoms with E-state index in [1.165, 1.54) is 27.8 Å². The van der Waals surface area contributed by atoms with Crippen LogP contribution in [0.15, 0.2) is 88.8 Å². The van der Waals surface area contributed by atoms with Crippen LogP contribution in [-0.2, 0) is 50.7 Å². The molecule has 1 fully saturated rings. The molecule has 1 saturated carbocycles. The summed E-state index contributed by atoms with van der Waals surface area (Å²) in [6, 6.07) is 17.5. The number of carbonyl (C=O) groups is 1. The van der Waals surface area contributed by atoms with Gasteiger partial charge in [-0.25, -0.2) is 13.2 Å². The Labute approximate surface area is 432 Å². The lowest BCUT2D eigenvalue weighted by Crippen LogP contribution is -2.53. The molecule has 0 saturated heterocycles. The highest BCUT2D eigenvalue weighted by atomic mass is 32.2. The number of aliphatic hydroxyl groups is 1. The maximum Gasteiger partial charge on any atom is 0.430 e. The summed E-state index contributed by atoms with van der Waals surface area (Å²) in [6.07, 6.45) is -0.295. The number of amides is 1. The highest BCUT2D eigenvalue weighted by Gasteiger charge is 2.71. The molecule has 4 aromatic carbocycles. The van der Waals surface area contributed by atoms with Gasteiger partial charge in [0.05, 0.1) is 28.8 Å². The third-order valence-corrected chi connectivity index (χ3v) is 17.3. The number of hydrogen-bond donors (Lipinski definition) is 2. The predicted octanol–water partition coefficient (Wildman–Crippen LogP) is 15.0. The van der Waals surface area contributed by atoms with E-state index in [2.05, 4.69) is 46.0 Å². The van der Waals surface area contributed by atoms with Crippen molar-refractivity contribution in [2.45, 2.75) is 185 Å². The zero-order valence-electron chi connectivity index (χ0n) is 43.7. The van der Waals surface area contributed by atoms with Gasteiger partial charge in [0.25, 0.3) is 5.60 Å². The summed E-state index contributed by atoms with van der Waals surface area (Å²) in [4.78, 5) is 16.0. The van der Waals surface area contributed by atoms with E-state index >= 15 is 0 Å². The molecule has 3 atom stereocenters. The number of carbonyl (C=O) groups excluding carboxylic acids is 1. The topological polar surface area (TPSA) is 105 Å². The molecular formula is C59H70F6N2O6S. The minimum atomic E-state index is -6.03. The summed E-state index contributed by atoms with van der Waals surface area (Å²) in [5.41, 5.74) is 4.83. The number of allylic oxidation sites excluding steroid dienone is 1. The molecule has 4 aromatic rings. The van der Waals surface area contributed by atoms with E-state index in [0.29, 0.717) is 36.1 Å². The fourth-order valence-electron chi connectivity index (χ4n) is 11.3.